The van der Waals surface area contributed by atoms with Crippen molar-refractivity contribution in [1.29, 1.82) is 0 Å². The fraction of sp³-hybridized carbons (Fsp3) is 0.500. The first-order valence-corrected chi connectivity index (χ1v) is 6.64. The van der Waals surface area contributed by atoms with Gasteiger partial charge >= 0.3 is 0 Å². The van der Waals surface area contributed by atoms with E-state index < -0.39 is 11.0 Å². The number of fused-ring (bicyclic) bond motifs is 1. The van der Waals surface area contributed by atoms with Gasteiger partial charge in [-0.3, -0.25) is 14.9 Å². The molecule has 1 aliphatic heterocycles. The Labute approximate surface area is 117 Å². The zero-order valence-electron chi connectivity index (χ0n) is 11.9. The lowest BCUT2D eigenvalue weighted by Gasteiger charge is -2.26. The third-order valence-corrected chi connectivity index (χ3v) is 3.84. The van der Waals surface area contributed by atoms with Crippen LogP contribution < -0.4 is 10.6 Å². The van der Waals surface area contributed by atoms with Gasteiger partial charge in [-0.2, -0.15) is 0 Å². The second-order valence-corrected chi connectivity index (χ2v) is 5.74. The minimum atomic E-state index is -0.587. The summed E-state index contributed by atoms with van der Waals surface area (Å²) in [6.07, 6.45) is 0.521. The molecule has 0 spiro atoms. The molecule has 0 saturated carbocycles. The maximum Gasteiger partial charge on any atom is 0.271 e. The maximum atomic E-state index is 12.3. The molecule has 0 bridgehead atoms. The van der Waals surface area contributed by atoms with Crippen molar-refractivity contribution in [1.82, 2.24) is 0 Å². The number of hydrogen-bond acceptors (Lipinski definition) is 4. The van der Waals surface area contributed by atoms with Crippen LogP contribution >= 0.6 is 0 Å². The molecule has 2 rings (SSSR count). The number of carbonyl (C=O) groups is 1. The van der Waals surface area contributed by atoms with Crippen LogP contribution in [0.15, 0.2) is 18.2 Å². The number of nitro benzene ring substituents is 1. The van der Waals surface area contributed by atoms with Crippen molar-refractivity contribution in [3.8, 4) is 0 Å². The maximum absolute atomic E-state index is 12.3. The number of nitrogens with two attached hydrogens (primary N) is 1. The van der Waals surface area contributed by atoms with Crippen LogP contribution in [0.2, 0.25) is 0 Å². The van der Waals surface area contributed by atoms with Gasteiger partial charge in [0.1, 0.15) is 0 Å². The molecule has 1 aliphatic rings. The molecule has 1 aromatic carbocycles. The molecule has 6 nitrogen and oxygen atoms in total. The summed E-state index contributed by atoms with van der Waals surface area (Å²) in [6.45, 7) is 6.29. The number of likely N-dealkylation sites (N-methyl/N-ethyl adjacent to an activating group) is 1. The molecule has 2 N–H and O–H groups in total. The van der Waals surface area contributed by atoms with Crippen molar-refractivity contribution in [3.05, 3.63) is 33.9 Å². The van der Waals surface area contributed by atoms with E-state index in [1.165, 1.54) is 12.1 Å². The van der Waals surface area contributed by atoms with Gasteiger partial charge in [0.05, 0.1) is 16.7 Å². The van der Waals surface area contributed by atoms with E-state index in [2.05, 4.69) is 0 Å². The highest BCUT2D eigenvalue weighted by Crippen LogP contribution is 2.40. The van der Waals surface area contributed by atoms with E-state index in [0.717, 1.165) is 5.56 Å². The average Bonchev–Trinajstić information content (AvgIpc) is 2.44. The highest BCUT2D eigenvalue weighted by Gasteiger charge is 2.37. The first kappa shape index (κ1) is 14.5. The van der Waals surface area contributed by atoms with Crippen molar-refractivity contribution in [2.75, 3.05) is 11.4 Å². The zero-order chi connectivity index (χ0) is 15.1. The summed E-state index contributed by atoms with van der Waals surface area (Å²) < 4.78 is 0. The molecule has 1 unspecified atom stereocenters. The van der Waals surface area contributed by atoms with Gasteiger partial charge in [0.25, 0.3) is 5.69 Å². The first-order valence-electron chi connectivity index (χ1n) is 6.64. The van der Waals surface area contributed by atoms with Crippen LogP contribution in [-0.2, 0) is 10.2 Å². The Morgan fingerprint density at radius 3 is 2.70 bits per heavy atom. The molecular weight excluding hydrogens is 258 g/mol. The Balaban J connectivity index is 2.68. The molecule has 0 saturated heterocycles. The van der Waals surface area contributed by atoms with Gasteiger partial charge in [0.2, 0.25) is 5.91 Å². The van der Waals surface area contributed by atoms with E-state index in [-0.39, 0.29) is 17.0 Å². The molecule has 1 amide bonds. The smallest absolute Gasteiger partial charge is 0.271 e. The molecule has 0 radical (unpaired) electrons. The van der Waals surface area contributed by atoms with Crippen LogP contribution in [0.5, 0.6) is 0 Å². The van der Waals surface area contributed by atoms with E-state index in [4.69, 9.17) is 5.73 Å². The molecule has 1 aromatic rings. The number of benzene rings is 1. The van der Waals surface area contributed by atoms with Crippen molar-refractivity contribution in [3.63, 3.8) is 0 Å². The number of non-ortho nitro benzene ring substituents is 1. The van der Waals surface area contributed by atoms with Gasteiger partial charge in [-0.05, 0) is 30.4 Å². The van der Waals surface area contributed by atoms with Gasteiger partial charge < -0.3 is 10.6 Å². The monoisotopic (exact) mass is 277 g/mol. The van der Waals surface area contributed by atoms with Crippen LogP contribution in [-0.4, -0.2) is 23.4 Å². The predicted molar refractivity (Wildman–Crippen MR) is 76.7 cm³/mol. The summed E-state index contributed by atoms with van der Waals surface area (Å²) in [7, 11) is 0. The number of anilines is 1. The third kappa shape index (κ3) is 2.27. The Hall–Kier alpha value is -1.95. The van der Waals surface area contributed by atoms with Crippen LogP contribution in [0.4, 0.5) is 11.4 Å². The van der Waals surface area contributed by atoms with Crippen molar-refractivity contribution in [2.45, 2.75) is 38.6 Å². The highest BCUT2D eigenvalue weighted by atomic mass is 16.6. The first-order chi connectivity index (χ1) is 9.27. The topological polar surface area (TPSA) is 89.5 Å². The fourth-order valence-electron chi connectivity index (χ4n) is 2.82. The molecule has 6 heteroatoms. The number of nitro groups is 1. The lowest BCUT2D eigenvalue weighted by molar-refractivity contribution is -0.384. The second kappa shape index (κ2) is 4.86. The fourth-order valence-corrected chi connectivity index (χ4v) is 2.82. The second-order valence-electron chi connectivity index (χ2n) is 5.74. The van der Waals surface area contributed by atoms with Gasteiger partial charge in [0, 0.05) is 18.7 Å². The van der Waals surface area contributed by atoms with E-state index in [1.54, 1.807) is 11.0 Å². The van der Waals surface area contributed by atoms with E-state index in [0.29, 0.717) is 18.7 Å². The van der Waals surface area contributed by atoms with Crippen LogP contribution in [0.25, 0.3) is 0 Å². The molecule has 0 aliphatic carbocycles. The third-order valence-electron chi connectivity index (χ3n) is 3.84. The number of carbonyl (C=O) groups excluding carboxylic acids is 1. The van der Waals surface area contributed by atoms with Crippen molar-refractivity contribution in [2.24, 2.45) is 5.73 Å². The highest BCUT2D eigenvalue weighted by molar-refractivity contribution is 5.99. The largest absolute Gasteiger partial charge is 0.320 e. The number of rotatable bonds is 2. The van der Waals surface area contributed by atoms with Crippen molar-refractivity contribution >= 4 is 17.3 Å². The summed E-state index contributed by atoms with van der Waals surface area (Å²) in [4.78, 5) is 24.4. The Morgan fingerprint density at radius 1 is 1.50 bits per heavy atom. The van der Waals surface area contributed by atoms with Gasteiger partial charge in [-0.1, -0.05) is 13.8 Å². The minimum Gasteiger partial charge on any atom is -0.320 e. The molecule has 20 heavy (non-hydrogen) atoms. The summed E-state index contributed by atoms with van der Waals surface area (Å²) in [5.74, 6) is -0.181. The lowest BCUT2D eigenvalue weighted by atomic mass is 9.79. The van der Waals surface area contributed by atoms with Crippen LogP contribution in [0.3, 0.4) is 0 Å². The van der Waals surface area contributed by atoms with E-state index in [1.807, 2.05) is 20.8 Å². The van der Waals surface area contributed by atoms with E-state index >= 15 is 0 Å². The number of amides is 1. The summed E-state index contributed by atoms with van der Waals surface area (Å²) in [5, 5.41) is 11.0. The Morgan fingerprint density at radius 2 is 2.15 bits per heavy atom. The normalized spacial score (nSPS) is 21.3. The molecule has 0 aromatic heterocycles. The molecule has 0 fully saturated rings. The van der Waals surface area contributed by atoms with Crippen molar-refractivity contribution < 1.29 is 9.72 Å². The van der Waals surface area contributed by atoms with E-state index in [9.17, 15) is 14.9 Å². The molecule has 1 atom stereocenters. The minimum absolute atomic E-state index is 0.0127. The van der Waals surface area contributed by atoms with Gasteiger partial charge in [-0.25, -0.2) is 0 Å². The number of hydrogen-bond donors (Lipinski definition) is 1. The molecule has 1 heterocycles. The summed E-state index contributed by atoms with van der Waals surface area (Å²) in [5.41, 5.74) is 7.18. The number of nitrogens with zero attached hydrogens (tertiary/aromatic N) is 2. The Kier molecular flexibility index (Phi) is 3.52. The average molecular weight is 277 g/mol. The van der Waals surface area contributed by atoms with Crippen LogP contribution in [0.1, 0.15) is 32.8 Å². The molecule has 108 valence electrons. The van der Waals surface area contributed by atoms with Gasteiger partial charge in [-0.15, -0.1) is 0 Å². The van der Waals surface area contributed by atoms with Gasteiger partial charge in [0.15, 0.2) is 0 Å². The molecular formula is C14H19N3O3. The summed E-state index contributed by atoms with van der Waals surface area (Å²) >= 11 is 0. The predicted octanol–water partition coefficient (Wildman–Crippen LogP) is 1.96. The summed E-state index contributed by atoms with van der Waals surface area (Å²) in [6, 6.07) is 4.10. The lowest BCUT2D eigenvalue weighted by Crippen LogP contribution is -2.43. The quantitative estimate of drug-likeness (QED) is 0.661. The zero-order valence-corrected chi connectivity index (χ0v) is 11.9. The van der Waals surface area contributed by atoms with Crippen LogP contribution in [0, 0.1) is 10.1 Å². The standard InChI is InChI=1S/C14H19N3O3/c1-4-16-12-7-9(17(19)20)5-6-10(12)14(2,3)8-11(15)13(16)18/h5-7,11H,4,8,15H2,1-3H3. The SMILES string of the molecule is CCN1C(=O)C(N)CC(C)(C)c2ccc([N+](=O)[O-])cc21. The Bertz CT molecular complexity index is 569.